The number of nitrogens with one attached hydrogen (secondary N) is 1. The smallest absolute Gasteiger partial charge is 0.335 e. The summed E-state index contributed by atoms with van der Waals surface area (Å²) in [6.45, 7) is 0. The van der Waals surface area contributed by atoms with Gasteiger partial charge in [0.2, 0.25) is 0 Å². The fourth-order valence-corrected chi connectivity index (χ4v) is 2.37. The predicted octanol–water partition coefficient (Wildman–Crippen LogP) is 4.11. The van der Waals surface area contributed by atoms with Crippen molar-refractivity contribution in [3.8, 4) is 0 Å². The lowest BCUT2D eigenvalue weighted by Crippen LogP contribution is -1.94. The third kappa shape index (κ3) is 2.53. The van der Waals surface area contributed by atoms with Gasteiger partial charge in [-0.3, -0.25) is 0 Å². The number of aromatic nitrogens is 1. The molecule has 3 rings (SSSR count). The van der Waals surface area contributed by atoms with Gasteiger partial charge in [-0.15, -0.1) is 0 Å². The van der Waals surface area contributed by atoms with Crippen molar-refractivity contribution in [1.82, 2.24) is 4.98 Å². The van der Waals surface area contributed by atoms with Crippen LogP contribution in [-0.2, 0) is 6.42 Å². The van der Waals surface area contributed by atoms with Crippen molar-refractivity contribution in [1.29, 1.82) is 0 Å². The summed E-state index contributed by atoms with van der Waals surface area (Å²) >= 11 is 5.86. The van der Waals surface area contributed by atoms with Crippen molar-refractivity contribution in [2.45, 2.75) is 6.42 Å². The lowest BCUT2D eigenvalue weighted by Gasteiger charge is -1.98. The maximum absolute atomic E-state index is 11.0. The second-order valence-electron chi connectivity index (χ2n) is 4.71. The minimum Gasteiger partial charge on any atom is -0.478 e. The van der Waals surface area contributed by atoms with E-state index in [1.54, 1.807) is 18.2 Å². The van der Waals surface area contributed by atoms with Crippen LogP contribution in [-0.4, -0.2) is 16.1 Å². The number of aromatic carboxylic acids is 1. The molecule has 0 unspecified atom stereocenters. The van der Waals surface area contributed by atoms with Gasteiger partial charge in [0.15, 0.2) is 0 Å². The van der Waals surface area contributed by atoms with Crippen LogP contribution < -0.4 is 0 Å². The van der Waals surface area contributed by atoms with Crippen LogP contribution >= 0.6 is 11.6 Å². The summed E-state index contributed by atoms with van der Waals surface area (Å²) in [6, 6.07) is 14.8. The molecule has 0 saturated carbocycles. The Kier molecular flexibility index (Phi) is 3.20. The van der Waals surface area contributed by atoms with Gasteiger partial charge in [-0.2, -0.15) is 0 Å². The lowest BCUT2D eigenvalue weighted by atomic mass is 10.1. The largest absolute Gasteiger partial charge is 0.478 e. The van der Waals surface area contributed by atoms with E-state index in [4.69, 9.17) is 16.7 Å². The average Bonchev–Trinajstić information content (AvgIpc) is 2.82. The standard InChI is InChI=1S/C16H12ClNO2/c17-13-4-1-10(2-5-13)7-14-9-12-8-11(16(19)20)3-6-15(12)18-14/h1-6,8-9,18H,7H2,(H,19,20). The van der Waals surface area contributed by atoms with E-state index in [0.717, 1.165) is 33.6 Å². The van der Waals surface area contributed by atoms with Crippen LogP contribution in [0.2, 0.25) is 5.02 Å². The highest BCUT2D eigenvalue weighted by molar-refractivity contribution is 6.30. The van der Waals surface area contributed by atoms with Crippen LogP contribution in [0.15, 0.2) is 48.5 Å². The molecule has 1 heterocycles. The Hall–Kier alpha value is -2.26. The first-order valence-electron chi connectivity index (χ1n) is 6.21. The van der Waals surface area contributed by atoms with Gasteiger partial charge in [-0.25, -0.2) is 4.79 Å². The van der Waals surface area contributed by atoms with Crippen LogP contribution in [0.5, 0.6) is 0 Å². The van der Waals surface area contributed by atoms with Crippen molar-refractivity contribution in [2.24, 2.45) is 0 Å². The first-order chi connectivity index (χ1) is 9.61. The highest BCUT2D eigenvalue weighted by Gasteiger charge is 2.06. The molecular weight excluding hydrogens is 274 g/mol. The Balaban J connectivity index is 1.92. The first kappa shape index (κ1) is 12.8. The fraction of sp³-hybridized carbons (Fsp3) is 0.0625. The summed E-state index contributed by atoms with van der Waals surface area (Å²) in [5.41, 5.74) is 3.44. The summed E-state index contributed by atoms with van der Waals surface area (Å²) in [5.74, 6) is -0.910. The monoisotopic (exact) mass is 285 g/mol. The van der Waals surface area contributed by atoms with Crippen molar-refractivity contribution in [3.63, 3.8) is 0 Å². The summed E-state index contributed by atoms with van der Waals surface area (Å²) in [6.07, 6.45) is 0.758. The number of aromatic amines is 1. The maximum Gasteiger partial charge on any atom is 0.335 e. The molecule has 0 radical (unpaired) electrons. The lowest BCUT2D eigenvalue weighted by molar-refractivity contribution is 0.0697. The number of hydrogen-bond donors (Lipinski definition) is 2. The van der Waals surface area contributed by atoms with E-state index in [-0.39, 0.29) is 0 Å². The van der Waals surface area contributed by atoms with Crippen LogP contribution in [0.25, 0.3) is 10.9 Å². The summed E-state index contributed by atoms with van der Waals surface area (Å²) in [5, 5.41) is 10.6. The van der Waals surface area contributed by atoms with Gasteiger partial charge in [-0.05, 0) is 42.0 Å². The summed E-state index contributed by atoms with van der Waals surface area (Å²) in [4.78, 5) is 14.3. The molecule has 0 aliphatic carbocycles. The van der Waals surface area contributed by atoms with E-state index < -0.39 is 5.97 Å². The Labute approximate surface area is 120 Å². The number of fused-ring (bicyclic) bond motifs is 1. The summed E-state index contributed by atoms with van der Waals surface area (Å²) < 4.78 is 0. The van der Waals surface area contributed by atoms with Gasteiger partial charge in [0, 0.05) is 28.0 Å². The third-order valence-electron chi connectivity index (χ3n) is 3.23. The number of carboxylic acid groups (broad SMARTS) is 1. The van der Waals surface area contributed by atoms with Gasteiger partial charge in [-0.1, -0.05) is 23.7 Å². The zero-order valence-corrected chi connectivity index (χ0v) is 11.3. The molecule has 0 fully saturated rings. The molecule has 20 heavy (non-hydrogen) atoms. The second-order valence-corrected chi connectivity index (χ2v) is 5.14. The fourth-order valence-electron chi connectivity index (χ4n) is 2.24. The van der Waals surface area contributed by atoms with Gasteiger partial charge >= 0.3 is 5.97 Å². The molecule has 0 bridgehead atoms. The predicted molar refractivity (Wildman–Crippen MR) is 79.5 cm³/mol. The van der Waals surface area contributed by atoms with Crippen LogP contribution in [0.4, 0.5) is 0 Å². The topological polar surface area (TPSA) is 53.1 Å². The van der Waals surface area contributed by atoms with Crippen molar-refractivity contribution >= 4 is 28.5 Å². The molecule has 0 amide bonds. The molecule has 2 N–H and O–H groups in total. The van der Waals surface area contributed by atoms with Crippen LogP contribution in [0.3, 0.4) is 0 Å². The maximum atomic E-state index is 11.0. The van der Waals surface area contributed by atoms with E-state index in [0.29, 0.717) is 5.56 Å². The molecule has 3 nitrogen and oxygen atoms in total. The molecule has 3 aromatic rings. The molecule has 2 aromatic carbocycles. The van der Waals surface area contributed by atoms with Crippen molar-refractivity contribution in [3.05, 3.63) is 70.4 Å². The number of carbonyl (C=O) groups is 1. The molecule has 100 valence electrons. The van der Waals surface area contributed by atoms with E-state index in [1.165, 1.54) is 0 Å². The second kappa shape index (κ2) is 5.02. The summed E-state index contributed by atoms with van der Waals surface area (Å²) in [7, 11) is 0. The number of hydrogen-bond acceptors (Lipinski definition) is 1. The molecular formula is C16H12ClNO2. The SMILES string of the molecule is O=C(O)c1ccc2[nH]c(Cc3ccc(Cl)cc3)cc2c1. The zero-order chi connectivity index (χ0) is 14.1. The Morgan fingerprint density at radius 1 is 1.10 bits per heavy atom. The van der Waals surface area contributed by atoms with E-state index in [2.05, 4.69) is 4.98 Å². The molecule has 0 spiro atoms. The molecule has 4 heteroatoms. The minimum absolute atomic E-state index is 0.301. The number of rotatable bonds is 3. The van der Waals surface area contributed by atoms with Gasteiger partial charge in [0.05, 0.1) is 5.56 Å². The van der Waals surface area contributed by atoms with Crippen molar-refractivity contribution < 1.29 is 9.90 Å². The van der Waals surface area contributed by atoms with E-state index in [9.17, 15) is 4.79 Å². The van der Waals surface area contributed by atoms with Crippen molar-refractivity contribution in [2.75, 3.05) is 0 Å². The van der Waals surface area contributed by atoms with Crippen LogP contribution in [0.1, 0.15) is 21.6 Å². The number of benzene rings is 2. The molecule has 0 saturated heterocycles. The Bertz CT molecular complexity index is 775. The molecule has 0 atom stereocenters. The minimum atomic E-state index is -0.910. The van der Waals surface area contributed by atoms with Gasteiger partial charge in [0.25, 0.3) is 0 Å². The number of halogens is 1. The van der Waals surface area contributed by atoms with E-state index >= 15 is 0 Å². The molecule has 0 aliphatic heterocycles. The normalized spacial score (nSPS) is 10.8. The highest BCUT2D eigenvalue weighted by atomic mass is 35.5. The number of H-pyrrole nitrogens is 1. The van der Waals surface area contributed by atoms with E-state index in [1.807, 2.05) is 30.3 Å². The van der Waals surface area contributed by atoms with Gasteiger partial charge < -0.3 is 10.1 Å². The highest BCUT2D eigenvalue weighted by Crippen LogP contribution is 2.20. The zero-order valence-electron chi connectivity index (χ0n) is 10.6. The number of carboxylic acids is 1. The molecule has 1 aromatic heterocycles. The Morgan fingerprint density at radius 3 is 2.55 bits per heavy atom. The third-order valence-corrected chi connectivity index (χ3v) is 3.48. The van der Waals surface area contributed by atoms with Gasteiger partial charge in [0.1, 0.15) is 0 Å². The first-order valence-corrected chi connectivity index (χ1v) is 6.59. The molecule has 0 aliphatic rings. The average molecular weight is 286 g/mol. The Morgan fingerprint density at radius 2 is 1.85 bits per heavy atom. The van der Waals surface area contributed by atoms with Crippen LogP contribution in [0, 0.1) is 0 Å². The quantitative estimate of drug-likeness (QED) is 0.761.